The molecule has 1 saturated carbocycles. The third-order valence-electron chi connectivity index (χ3n) is 5.99. The average molecular weight is 378 g/mol. The SMILES string of the molecule is N#CSC1=C(F)C=C(C#CC2=CC3=C(C=C(CC4CCCC4)C3)CC2)CC1. The number of hydrogen-bond donors (Lipinski definition) is 0. The first-order valence-electron chi connectivity index (χ1n) is 10.0. The van der Waals surface area contributed by atoms with Gasteiger partial charge in [-0.15, -0.1) is 0 Å². The lowest BCUT2D eigenvalue weighted by atomic mass is 9.93. The molecular formula is C24H24FNS. The van der Waals surface area contributed by atoms with Gasteiger partial charge >= 0.3 is 0 Å². The third kappa shape index (κ3) is 4.48. The van der Waals surface area contributed by atoms with Crippen LogP contribution in [0.15, 0.2) is 56.8 Å². The minimum Gasteiger partial charge on any atom is -0.206 e. The fourth-order valence-corrected chi connectivity index (χ4v) is 5.05. The van der Waals surface area contributed by atoms with E-state index in [0.717, 1.165) is 48.9 Å². The van der Waals surface area contributed by atoms with Crippen molar-refractivity contribution >= 4 is 11.8 Å². The second-order valence-electron chi connectivity index (χ2n) is 7.94. The molecule has 0 aliphatic heterocycles. The molecule has 27 heavy (non-hydrogen) atoms. The molecule has 4 aliphatic carbocycles. The average Bonchev–Trinajstić information content (AvgIpc) is 3.31. The molecule has 0 saturated heterocycles. The zero-order valence-corrected chi connectivity index (χ0v) is 16.4. The lowest BCUT2D eigenvalue weighted by molar-refractivity contribution is 0.540. The highest BCUT2D eigenvalue weighted by Crippen LogP contribution is 2.40. The summed E-state index contributed by atoms with van der Waals surface area (Å²) in [7, 11) is 0. The van der Waals surface area contributed by atoms with Crippen molar-refractivity contribution in [2.75, 3.05) is 0 Å². The number of halogens is 1. The summed E-state index contributed by atoms with van der Waals surface area (Å²) in [5, 5.41) is 10.6. The standard InChI is InChI=1S/C24H24FNS/c25-23-15-19(8-10-24(23)27-16-26)6-5-18-7-9-21-13-20(14-22(21)12-18)11-17-3-1-2-4-17/h12-13,15,17H,1-4,7-11,14H2. The van der Waals surface area contributed by atoms with Crippen LogP contribution in [0, 0.1) is 28.4 Å². The van der Waals surface area contributed by atoms with Crippen molar-refractivity contribution < 1.29 is 4.39 Å². The topological polar surface area (TPSA) is 23.8 Å². The van der Waals surface area contributed by atoms with Gasteiger partial charge in [0.05, 0.1) is 0 Å². The molecule has 3 heteroatoms. The van der Waals surface area contributed by atoms with Gasteiger partial charge in [0.25, 0.3) is 0 Å². The van der Waals surface area contributed by atoms with Gasteiger partial charge in [0.2, 0.25) is 0 Å². The summed E-state index contributed by atoms with van der Waals surface area (Å²) < 4.78 is 14.0. The largest absolute Gasteiger partial charge is 0.206 e. The third-order valence-corrected chi connectivity index (χ3v) is 6.72. The van der Waals surface area contributed by atoms with E-state index in [-0.39, 0.29) is 5.83 Å². The van der Waals surface area contributed by atoms with E-state index in [9.17, 15) is 4.39 Å². The molecule has 0 atom stereocenters. The number of thioether (sulfide) groups is 1. The summed E-state index contributed by atoms with van der Waals surface area (Å²) in [4.78, 5) is 0.529. The number of allylic oxidation sites excluding steroid dienone is 10. The lowest BCUT2D eigenvalue weighted by Gasteiger charge is -2.12. The zero-order valence-electron chi connectivity index (χ0n) is 15.6. The van der Waals surface area contributed by atoms with Crippen LogP contribution >= 0.6 is 11.8 Å². The minimum atomic E-state index is -0.295. The van der Waals surface area contributed by atoms with Gasteiger partial charge < -0.3 is 0 Å². The van der Waals surface area contributed by atoms with Gasteiger partial charge in [-0.2, -0.15) is 5.26 Å². The highest BCUT2D eigenvalue weighted by Gasteiger charge is 2.22. The highest BCUT2D eigenvalue weighted by atomic mass is 32.2. The molecule has 0 spiro atoms. The Kier molecular flexibility index (Phi) is 5.70. The van der Waals surface area contributed by atoms with Gasteiger partial charge in [-0.3, -0.25) is 0 Å². The molecule has 0 aromatic carbocycles. The maximum absolute atomic E-state index is 14.0. The second-order valence-corrected chi connectivity index (χ2v) is 8.82. The lowest BCUT2D eigenvalue weighted by Crippen LogP contribution is -1.96. The summed E-state index contributed by atoms with van der Waals surface area (Å²) in [5.41, 5.74) is 6.59. The Morgan fingerprint density at radius 3 is 2.44 bits per heavy atom. The van der Waals surface area contributed by atoms with Crippen LogP contribution < -0.4 is 0 Å². The Hall–Kier alpha value is -1.97. The maximum atomic E-state index is 14.0. The smallest absolute Gasteiger partial charge is 0.138 e. The molecule has 0 unspecified atom stereocenters. The fourth-order valence-electron chi connectivity index (χ4n) is 4.58. The monoisotopic (exact) mass is 377 g/mol. The fraction of sp³-hybridized carbons (Fsp3) is 0.458. The molecule has 0 radical (unpaired) electrons. The van der Waals surface area contributed by atoms with Crippen LogP contribution in [0.5, 0.6) is 0 Å². The van der Waals surface area contributed by atoms with E-state index < -0.39 is 0 Å². The van der Waals surface area contributed by atoms with Gasteiger partial charge in [-0.1, -0.05) is 49.2 Å². The molecule has 138 valence electrons. The summed E-state index contributed by atoms with van der Waals surface area (Å²) in [6, 6.07) is 0. The first-order chi connectivity index (χ1) is 13.2. The Labute approximate surface area is 165 Å². The van der Waals surface area contributed by atoms with E-state index >= 15 is 0 Å². The van der Waals surface area contributed by atoms with Gasteiger partial charge in [-0.25, -0.2) is 4.39 Å². The second kappa shape index (κ2) is 8.37. The van der Waals surface area contributed by atoms with Crippen LogP contribution in [0.4, 0.5) is 4.39 Å². The van der Waals surface area contributed by atoms with E-state index in [2.05, 4.69) is 24.0 Å². The van der Waals surface area contributed by atoms with E-state index in [1.165, 1.54) is 54.9 Å². The van der Waals surface area contributed by atoms with Crippen LogP contribution in [-0.4, -0.2) is 0 Å². The molecule has 4 rings (SSSR count). The van der Waals surface area contributed by atoms with Crippen molar-refractivity contribution in [1.29, 1.82) is 5.26 Å². The van der Waals surface area contributed by atoms with Crippen LogP contribution in [0.25, 0.3) is 0 Å². The van der Waals surface area contributed by atoms with Crippen LogP contribution in [-0.2, 0) is 0 Å². The van der Waals surface area contributed by atoms with Crippen molar-refractivity contribution in [2.45, 2.75) is 64.2 Å². The quantitative estimate of drug-likeness (QED) is 0.389. The van der Waals surface area contributed by atoms with Crippen molar-refractivity contribution in [1.82, 2.24) is 0 Å². The summed E-state index contributed by atoms with van der Waals surface area (Å²) in [6.45, 7) is 0. The van der Waals surface area contributed by atoms with Gasteiger partial charge in [0.15, 0.2) is 0 Å². The Bertz CT molecular complexity index is 889. The summed E-state index contributed by atoms with van der Waals surface area (Å²) in [5.74, 6) is 7.07. The zero-order chi connectivity index (χ0) is 18.6. The van der Waals surface area contributed by atoms with Crippen LogP contribution in [0.1, 0.15) is 64.2 Å². The Morgan fingerprint density at radius 1 is 0.963 bits per heavy atom. The van der Waals surface area contributed by atoms with Crippen molar-refractivity contribution in [3.8, 4) is 17.2 Å². The molecule has 0 amide bonds. The van der Waals surface area contributed by atoms with Crippen molar-refractivity contribution in [3.63, 3.8) is 0 Å². The highest BCUT2D eigenvalue weighted by molar-refractivity contribution is 8.07. The predicted octanol–water partition coefficient (Wildman–Crippen LogP) is 7.03. The van der Waals surface area contributed by atoms with E-state index in [1.54, 1.807) is 5.57 Å². The molecule has 4 aliphatic rings. The van der Waals surface area contributed by atoms with Gasteiger partial charge in [0.1, 0.15) is 11.2 Å². The van der Waals surface area contributed by atoms with E-state index in [1.807, 2.05) is 5.40 Å². The Morgan fingerprint density at radius 2 is 1.70 bits per heavy atom. The number of nitrogens with zero attached hydrogens (tertiary/aromatic N) is 1. The van der Waals surface area contributed by atoms with Gasteiger partial charge in [0, 0.05) is 16.1 Å². The number of rotatable bonds is 3. The minimum absolute atomic E-state index is 0.295. The molecule has 0 aromatic rings. The molecule has 1 nitrogen and oxygen atoms in total. The molecule has 0 heterocycles. The summed E-state index contributed by atoms with van der Waals surface area (Å²) >= 11 is 0.924. The molecule has 0 aromatic heterocycles. The van der Waals surface area contributed by atoms with Crippen LogP contribution in [0.2, 0.25) is 0 Å². The van der Waals surface area contributed by atoms with Crippen molar-refractivity contribution in [2.24, 2.45) is 5.92 Å². The Balaban J connectivity index is 1.40. The predicted molar refractivity (Wildman–Crippen MR) is 110 cm³/mol. The van der Waals surface area contributed by atoms with Crippen LogP contribution in [0.3, 0.4) is 0 Å². The molecule has 0 bridgehead atoms. The first-order valence-corrected chi connectivity index (χ1v) is 10.8. The molecular weight excluding hydrogens is 353 g/mol. The number of hydrogen-bond acceptors (Lipinski definition) is 2. The van der Waals surface area contributed by atoms with Crippen molar-refractivity contribution in [3.05, 3.63) is 56.8 Å². The molecule has 1 fully saturated rings. The normalized spacial score (nSPS) is 22.6. The van der Waals surface area contributed by atoms with E-state index in [4.69, 9.17) is 5.26 Å². The first kappa shape index (κ1) is 18.4. The maximum Gasteiger partial charge on any atom is 0.138 e. The number of thiocyanates is 1. The molecule has 0 N–H and O–H groups in total. The number of nitriles is 1. The summed E-state index contributed by atoms with van der Waals surface area (Å²) in [6.07, 6.45) is 17.6. The van der Waals surface area contributed by atoms with Gasteiger partial charge in [-0.05, 0) is 79.5 Å². The van der Waals surface area contributed by atoms with E-state index in [0.29, 0.717) is 11.3 Å².